The molecule has 2 aromatic rings. The Balaban J connectivity index is 2.21. The molecule has 0 fully saturated rings. The number of guanidine groups is 1. The Hall–Kier alpha value is -2.49. The first-order valence-corrected chi connectivity index (χ1v) is 6.20. The molecule has 2 rings (SSSR count). The number of aliphatic imine (C=N–C) groups is 1. The van der Waals surface area contributed by atoms with Crippen molar-refractivity contribution < 1.29 is 0 Å². The second-order valence-corrected chi connectivity index (χ2v) is 4.13. The molecule has 0 unspecified atom stereocenters. The van der Waals surface area contributed by atoms with Gasteiger partial charge in [0.1, 0.15) is 0 Å². The molecule has 4 heteroatoms. The first-order chi connectivity index (χ1) is 9.27. The van der Waals surface area contributed by atoms with E-state index in [0.29, 0.717) is 6.54 Å². The van der Waals surface area contributed by atoms with Crippen LogP contribution in [0.2, 0.25) is 0 Å². The highest BCUT2D eigenvalue weighted by Crippen LogP contribution is 2.24. The summed E-state index contributed by atoms with van der Waals surface area (Å²) < 4.78 is 0. The van der Waals surface area contributed by atoms with Gasteiger partial charge in [-0.1, -0.05) is 36.4 Å². The van der Waals surface area contributed by atoms with Crippen LogP contribution >= 0.6 is 0 Å². The number of rotatable bonds is 5. The monoisotopic (exact) mass is 254 g/mol. The van der Waals surface area contributed by atoms with Crippen molar-refractivity contribution in [2.45, 2.75) is 0 Å². The Kier molecular flexibility index (Phi) is 4.39. The van der Waals surface area contributed by atoms with Crippen LogP contribution in [0.5, 0.6) is 0 Å². The first-order valence-electron chi connectivity index (χ1n) is 6.20. The van der Waals surface area contributed by atoms with Gasteiger partial charge >= 0.3 is 0 Å². The molecule has 19 heavy (non-hydrogen) atoms. The normalized spacial score (nSPS) is 9.89. The highest BCUT2D eigenvalue weighted by molar-refractivity contribution is 5.75. The van der Waals surface area contributed by atoms with Gasteiger partial charge in [-0.15, -0.1) is 0 Å². The molecule has 0 saturated heterocycles. The lowest BCUT2D eigenvalue weighted by Crippen LogP contribution is -2.26. The maximum Gasteiger partial charge on any atom is 0.185 e. The van der Waals surface area contributed by atoms with Crippen molar-refractivity contribution >= 4 is 17.3 Å². The van der Waals surface area contributed by atoms with Crippen molar-refractivity contribution in [1.82, 2.24) is 0 Å². The zero-order valence-corrected chi connectivity index (χ0v) is 10.7. The van der Waals surface area contributed by atoms with E-state index in [1.807, 2.05) is 36.4 Å². The summed E-state index contributed by atoms with van der Waals surface area (Å²) >= 11 is 0. The lowest BCUT2D eigenvalue weighted by atomic mass is 10.2. The van der Waals surface area contributed by atoms with Crippen LogP contribution in [0.25, 0.3) is 0 Å². The minimum Gasteiger partial charge on any atom is -0.370 e. The molecule has 0 aliphatic carbocycles. The highest BCUT2D eigenvalue weighted by Gasteiger charge is 2.07. The van der Waals surface area contributed by atoms with E-state index in [1.54, 1.807) is 0 Å². The molecule has 0 aliphatic rings. The van der Waals surface area contributed by atoms with Gasteiger partial charge in [-0.05, 0) is 24.3 Å². The quantitative estimate of drug-likeness (QED) is 0.634. The Morgan fingerprint density at radius 1 is 0.842 bits per heavy atom. The number of nitrogens with zero attached hydrogens (tertiary/aromatic N) is 2. The zero-order valence-electron chi connectivity index (χ0n) is 10.7. The van der Waals surface area contributed by atoms with Gasteiger partial charge in [0.2, 0.25) is 0 Å². The Morgan fingerprint density at radius 2 is 1.32 bits per heavy atom. The molecular weight excluding hydrogens is 236 g/mol. The van der Waals surface area contributed by atoms with Crippen LogP contribution < -0.4 is 16.4 Å². The lowest BCUT2D eigenvalue weighted by molar-refractivity contribution is 0.919. The van der Waals surface area contributed by atoms with E-state index in [9.17, 15) is 0 Å². The maximum absolute atomic E-state index is 5.37. The fraction of sp³-hybridized carbons (Fsp3) is 0.133. The van der Waals surface area contributed by atoms with Crippen LogP contribution in [-0.4, -0.2) is 19.0 Å². The third kappa shape index (κ3) is 3.74. The third-order valence-corrected chi connectivity index (χ3v) is 2.75. The minimum absolute atomic E-state index is 0.126. The summed E-state index contributed by atoms with van der Waals surface area (Å²) in [5, 5.41) is 0. The van der Waals surface area contributed by atoms with Crippen molar-refractivity contribution in [3.8, 4) is 0 Å². The zero-order chi connectivity index (χ0) is 13.5. The van der Waals surface area contributed by atoms with Crippen molar-refractivity contribution in [1.29, 1.82) is 0 Å². The molecule has 0 aliphatic heterocycles. The fourth-order valence-corrected chi connectivity index (χ4v) is 1.90. The van der Waals surface area contributed by atoms with Gasteiger partial charge in [0.25, 0.3) is 0 Å². The number of benzene rings is 2. The van der Waals surface area contributed by atoms with E-state index in [2.05, 4.69) is 34.2 Å². The fourth-order valence-electron chi connectivity index (χ4n) is 1.90. The Bertz CT molecular complexity index is 479. The van der Waals surface area contributed by atoms with Gasteiger partial charge in [0.15, 0.2) is 5.96 Å². The minimum atomic E-state index is 0.126. The number of anilines is 2. The van der Waals surface area contributed by atoms with Crippen LogP contribution in [0.1, 0.15) is 0 Å². The van der Waals surface area contributed by atoms with Crippen molar-refractivity contribution in [3.63, 3.8) is 0 Å². The molecule has 0 saturated carbocycles. The van der Waals surface area contributed by atoms with E-state index in [0.717, 1.165) is 17.9 Å². The predicted molar refractivity (Wildman–Crippen MR) is 80.6 cm³/mol. The summed E-state index contributed by atoms with van der Waals surface area (Å²) in [6, 6.07) is 20.4. The average Bonchev–Trinajstić information content (AvgIpc) is 2.45. The standard InChI is InChI=1S/C15H18N4/c16-15(17)18-11-12-19(13-7-3-1-4-8-13)14-9-5-2-6-10-14/h1-10H,11-12H2,(H4,16,17,18). The second kappa shape index (κ2) is 6.44. The topological polar surface area (TPSA) is 67.6 Å². The van der Waals surface area contributed by atoms with Gasteiger partial charge in [0.05, 0.1) is 6.54 Å². The first kappa shape index (κ1) is 13.0. The smallest absolute Gasteiger partial charge is 0.185 e. The van der Waals surface area contributed by atoms with Gasteiger partial charge in [-0.25, -0.2) is 0 Å². The molecule has 0 amide bonds. The molecule has 0 bridgehead atoms. The summed E-state index contributed by atoms with van der Waals surface area (Å²) in [6.07, 6.45) is 0. The molecule has 0 atom stereocenters. The van der Waals surface area contributed by atoms with Gasteiger partial charge in [-0.3, -0.25) is 4.99 Å². The van der Waals surface area contributed by atoms with Crippen molar-refractivity contribution in [3.05, 3.63) is 60.7 Å². The van der Waals surface area contributed by atoms with Gasteiger partial charge in [0, 0.05) is 17.9 Å². The molecule has 4 nitrogen and oxygen atoms in total. The van der Waals surface area contributed by atoms with Crippen LogP contribution in [0, 0.1) is 0 Å². The second-order valence-electron chi connectivity index (χ2n) is 4.13. The third-order valence-electron chi connectivity index (χ3n) is 2.75. The van der Waals surface area contributed by atoms with Crippen LogP contribution in [0.4, 0.5) is 11.4 Å². The van der Waals surface area contributed by atoms with E-state index in [-0.39, 0.29) is 5.96 Å². The largest absolute Gasteiger partial charge is 0.370 e. The number of hydrogen-bond acceptors (Lipinski definition) is 2. The average molecular weight is 254 g/mol. The Morgan fingerprint density at radius 3 is 1.74 bits per heavy atom. The molecule has 0 spiro atoms. The predicted octanol–water partition coefficient (Wildman–Crippen LogP) is 2.10. The van der Waals surface area contributed by atoms with E-state index in [4.69, 9.17) is 11.5 Å². The van der Waals surface area contributed by atoms with Gasteiger partial charge < -0.3 is 16.4 Å². The van der Waals surface area contributed by atoms with Crippen molar-refractivity contribution in [2.75, 3.05) is 18.0 Å². The van der Waals surface area contributed by atoms with Crippen molar-refractivity contribution in [2.24, 2.45) is 16.5 Å². The summed E-state index contributed by atoms with van der Waals surface area (Å²) in [7, 11) is 0. The SMILES string of the molecule is NC(N)=NCCN(c1ccccc1)c1ccccc1. The summed E-state index contributed by atoms with van der Waals surface area (Å²) in [4.78, 5) is 6.23. The lowest BCUT2D eigenvalue weighted by Gasteiger charge is -2.24. The Labute approximate surface area is 113 Å². The number of hydrogen-bond donors (Lipinski definition) is 2. The summed E-state index contributed by atoms with van der Waals surface area (Å²) in [5.74, 6) is 0.126. The summed E-state index contributed by atoms with van der Waals surface area (Å²) in [6.45, 7) is 1.29. The van der Waals surface area contributed by atoms with Crippen LogP contribution in [0.3, 0.4) is 0 Å². The molecule has 2 aromatic carbocycles. The molecule has 98 valence electrons. The van der Waals surface area contributed by atoms with Crippen LogP contribution in [0.15, 0.2) is 65.7 Å². The van der Waals surface area contributed by atoms with Gasteiger partial charge in [-0.2, -0.15) is 0 Å². The molecule has 0 heterocycles. The maximum atomic E-state index is 5.37. The molecule has 4 N–H and O–H groups in total. The molecule has 0 aromatic heterocycles. The van der Waals surface area contributed by atoms with E-state index < -0.39 is 0 Å². The van der Waals surface area contributed by atoms with Crippen LogP contribution in [-0.2, 0) is 0 Å². The molecule has 0 radical (unpaired) electrons. The molecular formula is C15H18N4. The van der Waals surface area contributed by atoms with E-state index >= 15 is 0 Å². The number of para-hydroxylation sites is 2. The summed E-state index contributed by atoms with van der Waals surface area (Å²) in [5.41, 5.74) is 13.0. The highest BCUT2D eigenvalue weighted by atomic mass is 15.1. The number of nitrogens with two attached hydrogens (primary N) is 2. The van der Waals surface area contributed by atoms with E-state index in [1.165, 1.54) is 0 Å².